The van der Waals surface area contributed by atoms with Gasteiger partial charge in [-0.25, -0.2) is 0 Å². The number of amides is 1. The number of Topliss-reactive ketones (excluding diaryl/α,β-unsaturated/α-hetero) is 1. The third-order valence-corrected chi connectivity index (χ3v) is 4.57. The number of ketones is 1. The molecule has 1 aliphatic rings. The summed E-state index contributed by atoms with van der Waals surface area (Å²) < 4.78 is 0. The molecule has 0 aliphatic carbocycles. The van der Waals surface area contributed by atoms with Crippen LogP contribution in [0.2, 0.25) is 0 Å². The number of carbonyl (C=O) groups excluding carboxylic acids is 2. The maximum atomic E-state index is 12.9. The van der Waals surface area contributed by atoms with E-state index < -0.39 is 5.41 Å². The molecule has 1 amide bonds. The molecule has 0 bridgehead atoms. The molecule has 0 N–H and O–H groups in total. The quantitative estimate of drug-likeness (QED) is 0.797. The molecule has 0 saturated carbocycles. The Morgan fingerprint density at radius 2 is 1.78 bits per heavy atom. The monoisotopic (exact) mass is 307 g/mol. The predicted octanol–water partition coefficient (Wildman–Crippen LogP) is 4.10. The van der Waals surface area contributed by atoms with Gasteiger partial charge in [-0.05, 0) is 43.2 Å². The topological polar surface area (TPSA) is 37.4 Å². The Balaban J connectivity index is 2.03. The van der Waals surface area contributed by atoms with Crippen molar-refractivity contribution in [1.29, 1.82) is 0 Å². The molecule has 3 heteroatoms. The summed E-state index contributed by atoms with van der Waals surface area (Å²) in [5.41, 5.74) is 3.04. The molecule has 23 heavy (non-hydrogen) atoms. The second-order valence-electron chi connectivity index (χ2n) is 6.51. The number of rotatable bonds is 4. The predicted molar refractivity (Wildman–Crippen MR) is 91.7 cm³/mol. The standard InChI is InChI=1S/C20H21NO2/c1-4-18(22)15-10-11-17-16(12-15)20(2,3)19(23)21(17)13-14-8-6-5-7-9-14/h5-12H,4,13H2,1-3H3. The van der Waals surface area contributed by atoms with Crippen LogP contribution in [0.3, 0.4) is 0 Å². The molecule has 118 valence electrons. The fraction of sp³-hybridized carbons (Fsp3) is 0.300. The summed E-state index contributed by atoms with van der Waals surface area (Å²) in [5, 5.41) is 0. The van der Waals surface area contributed by atoms with E-state index in [0.29, 0.717) is 18.5 Å². The van der Waals surface area contributed by atoms with Crippen LogP contribution >= 0.6 is 0 Å². The smallest absolute Gasteiger partial charge is 0.237 e. The van der Waals surface area contributed by atoms with Crippen LogP contribution in [0.25, 0.3) is 0 Å². The lowest BCUT2D eigenvalue weighted by Gasteiger charge is -2.20. The molecule has 0 saturated heterocycles. The van der Waals surface area contributed by atoms with Gasteiger partial charge < -0.3 is 4.90 Å². The second kappa shape index (κ2) is 5.65. The molecule has 0 atom stereocenters. The molecule has 0 unspecified atom stereocenters. The van der Waals surface area contributed by atoms with E-state index in [1.54, 1.807) is 0 Å². The van der Waals surface area contributed by atoms with Gasteiger partial charge in [0.05, 0.1) is 12.0 Å². The van der Waals surface area contributed by atoms with E-state index >= 15 is 0 Å². The molecule has 3 rings (SSSR count). The molecule has 0 aromatic heterocycles. The first-order valence-electron chi connectivity index (χ1n) is 7.98. The number of hydrogen-bond acceptors (Lipinski definition) is 2. The summed E-state index contributed by atoms with van der Waals surface area (Å²) in [6.07, 6.45) is 0.473. The molecule has 3 nitrogen and oxygen atoms in total. The van der Waals surface area contributed by atoms with Crippen LogP contribution in [0.5, 0.6) is 0 Å². The summed E-state index contributed by atoms with van der Waals surface area (Å²) in [6.45, 7) is 6.27. The van der Waals surface area contributed by atoms with Crippen molar-refractivity contribution < 1.29 is 9.59 Å². The largest absolute Gasteiger partial charge is 0.307 e. The number of hydrogen-bond donors (Lipinski definition) is 0. The maximum Gasteiger partial charge on any atom is 0.237 e. The Labute approximate surface area is 136 Å². The number of anilines is 1. The van der Waals surface area contributed by atoms with Gasteiger partial charge >= 0.3 is 0 Å². The number of fused-ring (bicyclic) bond motifs is 1. The molecular weight excluding hydrogens is 286 g/mol. The molecule has 0 radical (unpaired) electrons. The Bertz CT molecular complexity index is 762. The lowest BCUT2D eigenvalue weighted by Crippen LogP contribution is -2.35. The second-order valence-corrected chi connectivity index (χ2v) is 6.51. The molecule has 2 aromatic carbocycles. The van der Waals surface area contributed by atoms with Crippen LogP contribution in [0.15, 0.2) is 48.5 Å². The van der Waals surface area contributed by atoms with Crippen LogP contribution in [-0.4, -0.2) is 11.7 Å². The first kappa shape index (κ1) is 15.5. The molecule has 2 aromatic rings. The first-order chi connectivity index (χ1) is 10.9. The van der Waals surface area contributed by atoms with Gasteiger partial charge in [-0.2, -0.15) is 0 Å². The van der Waals surface area contributed by atoms with Gasteiger partial charge in [0.25, 0.3) is 0 Å². The van der Waals surface area contributed by atoms with E-state index in [1.165, 1.54) is 0 Å². The number of benzene rings is 2. The minimum Gasteiger partial charge on any atom is -0.307 e. The van der Waals surface area contributed by atoms with Crippen molar-refractivity contribution in [2.24, 2.45) is 0 Å². The summed E-state index contributed by atoms with van der Waals surface area (Å²) in [4.78, 5) is 26.7. The van der Waals surface area contributed by atoms with Gasteiger partial charge in [-0.1, -0.05) is 37.3 Å². The van der Waals surface area contributed by atoms with E-state index in [4.69, 9.17) is 0 Å². The van der Waals surface area contributed by atoms with Gasteiger partial charge in [-0.15, -0.1) is 0 Å². The van der Waals surface area contributed by atoms with E-state index in [1.807, 2.05) is 74.2 Å². The van der Waals surface area contributed by atoms with Gasteiger partial charge in [0, 0.05) is 17.7 Å². The van der Waals surface area contributed by atoms with Crippen molar-refractivity contribution in [2.45, 2.75) is 39.2 Å². The summed E-state index contributed by atoms with van der Waals surface area (Å²) >= 11 is 0. The van der Waals surface area contributed by atoms with Crippen molar-refractivity contribution in [3.63, 3.8) is 0 Å². The summed E-state index contributed by atoms with van der Waals surface area (Å²) in [5.74, 6) is 0.190. The van der Waals surface area contributed by atoms with Crippen molar-refractivity contribution in [3.05, 3.63) is 65.2 Å². The fourth-order valence-electron chi connectivity index (χ4n) is 3.13. The van der Waals surface area contributed by atoms with Gasteiger partial charge in [0.2, 0.25) is 5.91 Å². The van der Waals surface area contributed by atoms with Crippen molar-refractivity contribution in [1.82, 2.24) is 0 Å². The van der Waals surface area contributed by atoms with Gasteiger partial charge in [0.1, 0.15) is 0 Å². The zero-order valence-corrected chi connectivity index (χ0v) is 13.8. The van der Waals surface area contributed by atoms with Crippen LogP contribution < -0.4 is 4.90 Å². The highest BCUT2D eigenvalue weighted by molar-refractivity contribution is 6.08. The third kappa shape index (κ3) is 2.56. The minimum absolute atomic E-state index is 0.0810. The molecule has 1 aliphatic heterocycles. The zero-order chi connectivity index (χ0) is 16.6. The highest BCUT2D eigenvalue weighted by atomic mass is 16.2. The SMILES string of the molecule is CCC(=O)c1ccc2c(c1)C(C)(C)C(=O)N2Cc1ccccc1. The van der Waals surface area contributed by atoms with Crippen LogP contribution in [-0.2, 0) is 16.8 Å². The van der Waals surface area contributed by atoms with E-state index in [9.17, 15) is 9.59 Å². The Hall–Kier alpha value is -2.42. The lowest BCUT2D eigenvalue weighted by atomic mass is 9.85. The number of carbonyl (C=O) groups is 2. The summed E-state index contributed by atoms with van der Waals surface area (Å²) in [6, 6.07) is 15.6. The van der Waals surface area contributed by atoms with Crippen molar-refractivity contribution in [2.75, 3.05) is 4.90 Å². The molecule has 1 heterocycles. The molecule has 0 fully saturated rings. The van der Waals surface area contributed by atoms with Crippen LogP contribution in [0, 0.1) is 0 Å². The van der Waals surface area contributed by atoms with Gasteiger partial charge in [-0.3, -0.25) is 9.59 Å². The van der Waals surface area contributed by atoms with Crippen molar-refractivity contribution in [3.8, 4) is 0 Å². The average molecular weight is 307 g/mol. The van der Waals surface area contributed by atoms with E-state index in [-0.39, 0.29) is 11.7 Å². The van der Waals surface area contributed by atoms with Crippen LogP contribution in [0.1, 0.15) is 48.7 Å². The third-order valence-electron chi connectivity index (χ3n) is 4.57. The first-order valence-corrected chi connectivity index (χ1v) is 7.98. The molecule has 0 spiro atoms. The lowest BCUT2D eigenvalue weighted by molar-refractivity contribution is -0.122. The van der Waals surface area contributed by atoms with E-state index in [2.05, 4.69) is 0 Å². The Morgan fingerprint density at radius 3 is 2.43 bits per heavy atom. The van der Waals surface area contributed by atoms with Crippen LogP contribution in [0.4, 0.5) is 5.69 Å². The molecular formula is C20H21NO2. The van der Waals surface area contributed by atoms with E-state index in [0.717, 1.165) is 16.8 Å². The highest BCUT2D eigenvalue weighted by Crippen LogP contribution is 2.42. The van der Waals surface area contributed by atoms with Crippen molar-refractivity contribution >= 4 is 17.4 Å². The summed E-state index contributed by atoms with van der Waals surface area (Å²) in [7, 11) is 0. The average Bonchev–Trinajstić information content (AvgIpc) is 2.76. The highest BCUT2D eigenvalue weighted by Gasteiger charge is 2.43. The Kier molecular flexibility index (Phi) is 3.80. The zero-order valence-electron chi connectivity index (χ0n) is 13.8. The van der Waals surface area contributed by atoms with Gasteiger partial charge in [0.15, 0.2) is 5.78 Å². The fourth-order valence-corrected chi connectivity index (χ4v) is 3.13. The maximum absolute atomic E-state index is 12.9. The number of nitrogens with zero attached hydrogens (tertiary/aromatic N) is 1. The minimum atomic E-state index is -0.603. The Morgan fingerprint density at radius 1 is 1.09 bits per heavy atom. The normalized spacial score (nSPS) is 15.6.